The summed E-state index contributed by atoms with van der Waals surface area (Å²) in [6.07, 6.45) is 5.72. The average Bonchev–Trinajstić information content (AvgIpc) is 3.45. The maximum atomic E-state index is 14.2. The van der Waals surface area contributed by atoms with E-state index in [1.807, 2.05) is 72.8 Å². The van der Waals surface area contributed by atoms with Crippen LogP contribution in [0.4, 0.5) is 0 Å². The Morgan fingerprint density at radius 3 is 1.59 bits per heavy atom. The number of rotatable bonds is 8. The largest absolute Gasteiger partial charge is 0.452 e. The second-order valence-corrected chi connectivity index (χ2v) is 16.5. The SMILES string of the molecule is C[C@]12CC[C@H](OC(c3ccccc3)c3ccccc3)C[C@@]1(O)CC[C@@H]1[C@@H]2CC[C@]2(C)[C@@H](C(=O)OC(c3ccccc3)c3ccccc3)CC[C@]12O. The third-order valence-electron chi connectivity index (χ3n) is 14.2. The van der Waals surface area contributed by atoms with Crippen LogP contribution in [0.1, 0.15) is 106 Å². The van der Waals surface area contributed by atoms with Crippen molar-refractivity contribution < 1.29 is 24.5 Å². The molecule has 266 valence electrons. The Balaban J connectivity index is 1.01. The van der Waals surface area contributed by atoms with E-state index in [9.17, 15) is 15.0 Å². The van der Waals surface area contributed by atoms with Crippen molar-refractivity contribution in [2.75, 3.05) is 0 Å². The third kappa shape index (κ3) is 5.77. The summed E-state index contributed by atoms with van der Waals surface area (Å²) < 4.78 is 13.4. The first-order valence-corrected chi connectivity index (χ1v) is 19.2. The van der Waals surface area contributed by atoms with Gasteiger partial charge in [0.2, 0.25) is 0 Å². The molecule has 51 heavy (non-hydrogen) atoms. The topological polar surface area (TPSA) is 76.0 Å². The second kappa shape index (κ2) is 13.3. The summed E-state index contributed by atoms with van der Waals surface area (Å²) in [4.78, 5) is 14.2. The van der Waals surface area contributed by atoms with Crippen LogP contribution in [0.25, 0.3) is 0 Å². The van der Waals surface area contributed by atoms with Gasteiger partial charge in [-0.3, -0.25) is 4.79 Å². The number of hydrogen-bond donors (Lipinski definition) is 2. The van der Waals surface area contributed by atoms with Crippen LogP contribution in [-0.4, -0.2) is 33.5 Å². The minimum Gasteiger partial charge on any atom is -0.452 e. The fraction of sp³-hybridized carbons (Fsp3) is 0.457. The van der Waals surface area contributed by atoms with Crippen molar-refractivity contribution in [2.45, 2.75) is 101 Å². The Bertz CT molecular complexity index is 1720. The van der Waals surface area contributed by atoms with Crippen LogP contribution in [0.15, 0.2) is 121 Å². The summed E-state index contributed by atoms with van der Waals surface area (Å²) in [5.41, 5.74) is 1.32. The van der Waals surface area contributed by atoms with E-state index in [2.05, 4.69) is 62.4 Å². The summed E-state index contributed by atoms with van der Waals surface area (Å²) >= 11 is 0. The molecule has 5 nitrogen and oxygen atoms in total. The van der Waals surface area contributed by atoms with Gasteiger partial charge in [-0.2, -0.15) is 0 Å². The lowest BCUT2D eigenvalue weighted by Crippen LogP contribution is -2.67. The third-order valence-corrected chi connectivity index (χ3v) is 14.2. The van der Waals surface area contributed by atoms with E-state index in [-0.39, 0.29) is 41.3 Å². The highest BCUT2D eigenvalue weighted by Crippen LogP contribution is 2.70. The van der Waals surface area contributed by atoms with Gasteiger partial charge < -0.3 is 19.7 Å². The fourth-order valence-electron chi connectivity index (χ4n) is 11.3. The van der Waals surface area contributed by atoms with E-state index in [4.69, 9.17) is 9.47 Å². The van der Waals surface area contributed by atoms with E-state index < -0.39 is 22.7 Å². The number of ether oxygens (including phenoxy) is 2. The predicted molar refractivity (Wildman–Crippen MR) is 199 cm³/mol. The van der Waals surface area contributed by atoms with Crippen molar-refractivity contribution >= 4 is 5.97 Å². The molecule has 0 radical (unpaired) electrons. The summed E-state index contributed by atoms with van der Waals surface area (Å²) in [5.74, 6) is -0.404. The molecule has 0 aliphatic heterocycles. The minimum atomic E-state index is -0.988. The first-order chi connectivity index (χ1) is 24.7. The fourth-order valence-corrected chi connectivity index (χ4v) is 11.3. The molecule has 8 rings (SSSR count). The van der Waals surface area contributed by atoms with Gasteiger partial charge in [-0.25, -0.2) is 0 Å². The van der Waals surface area contributed by atoms with Gasteiger partial charge in [0.05, 0.1) is 23.2 Å². The molecule has 4 aromatic carbocycles. The minimum absolute atomic E-state index is 0.0252. The van der Waals surface area contributed by atoms with Crippen LogP contribution in [0.3, 0.4) is 0 Å². The van der Waals surface area contributed by atoms with Crippen LogP contribution in [-0.2, 0) is 14.3 Å². The highest BCUT2D eigenvalue weighted by Gasteiger charge is 2.71. The zero-order valence-corrected chi connectivity index (χ0v) is 30.0. The number of fused-ring (bicyclic) bond motifs is 5. The van der Waals surface area contributed by atoms with Crippen LogP contribution in [0.2, 0.25) is 0 Å². The molecule has 5 heteroatoms. The first-order valence-electron chi connectivity index (χ1n) is 19.2. The lowest BCUT2D eigenvalue weighted by molar-refractivity contribution is -0.260. The van der Waals surface area contributed by atoms with Gasteiger partial charge in [-0.15, -0.1) is 0 Å². The quantitative estimate of drug-likeness (QED) is 0.181. The van der Waals surface area contributed by atoms with Crippen molar-refractivity contribution in [3.63, 3.8) is 0 Å². The van der Waals surface area contributed by atoms with Crippen molar-refractivity contribution in [1.82, 2.24) is 0 Å². The predicted octanol–water partition coefficient (Wildman–Crippen LogP) is 9.38. The Labute approximate surface area is 303 Å². The maximum Gasteiger partial charge on any atom is 0.310 e. The number of carbonyl (C=O) groups is 1. The molecule has 4 saturated carbocycles. The highest BCUT2D eigenvalue weighted by atomic mass is 16.5. The molecular weight excluding hydrogens is 633 g/mol. The Morgan fingerprint density at radius 2 is 1.06 bits per heavy atom. The van der Waals surface area contributed by atoms with Gasteiger partial charge >= 0.3 is 5.97 Å². The number of benzene rings is 4. The Hall–Kier alpha value is -3.77. The van der Waals surface area contributed by atoms with Gasteiger partial charge in [0.15, 0.2) is 6.10 Å². The molecule has 0 saturated heterocycles. The van der Waals surface area contributed by atoms with Crippen molar-refractivity contribution in [3.05, 3.63) is 144 Å². The Morgan fingerprint density at radius 1 is 0.588 bits per heavy atom. The number of hydrogen-bond acceptors (Lipinski definition) is 5. The molecule has 4 aromatic rings. The van der Waals surface area contributed by atoms with Crippen molar-refractivity contribution in [1.29, 1.82) is 0 Å². The molecule has 4 aliphatic carbocycles. The van der Waals surface area contributed by atoms with Gasteiger partial charge in [0, 0.05) is 11.8 Å². The number of carbonyl (C=O) groups excluding carboxylic acids is 1. The monoisotopic (exact) mass is 684 g/mol. The van der Waals surface area contributed by atoms with E-state index in [1.165, 1.54) is 0 Å². The number of esters is 1. The summed E-state index contributed by atoms with van der Waals surface area (Å²) in [7, 11) is 0. The maximum absolute atomic E-state index is 14.2. The van der Waals surface area contributed by atoms with Crippen LogP contribution >= 0.6 is 0 Å². The van der Waals surface area contributed by atoms with E-state index in [1.54, 1.807) is 0 Å². The Kier molecular flexibility index (Phi) is 8.97. The summed E-state index contributed by atoms with van der Waals surface area (Å²) in [6.45, 7) is 4.42. The molecule has 0 bridgehead atoms. The van der Waals surface area contributed by atoms with Gasteiger partial charge in [0.25, 0.3) is 0 Å². The molecular formula is C46H52O5. The van der Waals surface area contributed by atoms with E-state index in [0.717, 1.165) is 54.4 Å². The molecule has 4 fully saturated rings. The summed E-state index contributed by atoms with van der Waals surface area (Å²) in [6, 6.07) is 40.7. The second-order valence-electron chi connectivity index (χ2n) is 16.5. The molecule has 0 spiro atoms. The highest BCUT2D eigenvalue weighted by molar-refractivity contribution is 5.75. The molecule has 0 amide bonds. The molecule has 8 atom stereocenters. The van der Waals surface area contributed by atoms with Crippen LogP contribution < -0.4 is 0 Å². The first kappa shape index (κ1) is 34.3. The number of aliphatic hydroxyl groups is 2. The molecule has 4 aliphatic rings. The van der Waals surface area contributed by atoms with Gasteiger partial charge in [0.1, 0.15) is 6.10 Å². The van der Waals surface area contributed by atoms with Gasteiger partial charge in [-0.05, 0) is 90.9 Å². The van der Waals surface area contributed by atoms with Crippen molar-refractivity contribution in [3.8, 4) is 0 Å². The molecule has 2 N–H and O–H groups in total. The van der Waals surface area contributed by atoms with E-state index in [0.29, 0.717) is 25.7 Å². The van der Waals surface area contributed by atoms with E-state index >= 15 is 0 Å². The zero-order chi connectivity index (χ0) is 35.3. The summed E-state index contributed by atoms with van der Waals surface area (Å²) in [5, 5.41) is 25.5. The lowest BCUT2D eigenvalue weighted by Gasteiger charge is -2.66. The lowest BCUT2D eigenvalue weighted by atomic mass is 9.42. The smallest absolute Gasteiger partial charge is 0.310 e. The van der Waals surface area contributed by atoms with Gasteiger partial charge in [-0.1, -0.05) is 135 Å². The molecule has 0 unspecified atom stereocenters. The molecule has 0 aromatic heterocycles. The molecule has 0 heterocycles. The standard InChI is InChI=1S/C46H52O5/c1-43-27-23-36(50-40(32-15-7-3-8-16-32)33-17-9-4-10-18-33)31-45(43,48)29-25-38-37(43)24-28-44(2)39(26-30-46(38,44)49)42(47)51-41(34-19-11-5-12-20-34)35-21-13-6-14-22-35/h3-22,36-41,48-49H,23-31H2,1-2H3/t36-,37-,38+,39+,43+,44+,45-,46-/m0/s1. The zero-order valence-electron chi connectivity index (χ0n) is 30.0. The normalized spacial score (nSPS) is 34.4. The van der Waals surface area contributed by atoms with Crippen molar-refractivity contribution in [2.24, 2.45) is 28.6 Å². The van der Waals surface area contributed by atoms with Crippen LogP contribution in [0.5, 0.6) is 0 Å². The average molecular weight is 685 g/mol. The van der Waals surface area contributed by atoms with Crippen LogP contribution in [0, 0.1) is 28.6 Å².